The first-order valence-corrected chi connectivity index (χ1v) is 7.16. The first-order chi connectivity index (χ1) is 9.40. The highest BCUT2D eigenvalue weighted by Gasteiger charge is 2.15. The molecule has 1 atom stereocenters. The zero-order chi connectivity index (χ0) is 15.1. The number of aromatic nitrogens is 2. The van der Waals surface area contributed by atoms with Crippen LogP contribution in [-0.2, 0) is 4.79 Å². The number of nitrogens with one attached hydrogen (secondary N) is 1. The largest absolute Gasteiger partial charge is 0.481 e. The number of aliphatic carboxylic acids is 1. The molecule has 0 saturated heterocycles. The first-order valence-electron chi connectivity index (χ1n) is 7.16. The van der Waals surface area contributed by atoms with Crippen molar-refractivity contribution in [3.63, 3.8) is 0 Å². The molecular formula is C15H25N3O2. The summed E-state index contributed by atoms with van der Waals surface area (Å²) in [5.41, 5.74) is 1.78. The minimum atomic E-state index is -0.719. The van der Waals surface area contributed by atoms with E-state index < -0.39 is 5.97 Å². The summed E-state index contributed by atoms with van der Waals surface area (Å²) in [6.45, 7) is 8.93. The number of hydrogen-bond donors (Lipinski definition) is 2. The standard InChI is InChI=1S/C15H25N3O2/c1-10(2)13(5-6-14(19)20)7-8-16-15-12(4)17-9-11(3)18-15/h9-10,13H,5-8H2,1-4H3,(H,16,18)(H,19,20). The Balaban J connectivity index is 2.47. The van der Waals surface area contributed by atoms with E-state index in [1.165, 1.54) is 0 Å². The van der Waals surface area contributed by atoms with E-state index in [1.54, 1.807) is 6.20 Å². The van der Waals surface area contributed by atoms with E-state index in [0.29, 0.717) is 11.8 Å². The fourth-order valence-corrected chi connectivity index (χ4v) is 2.20. The Morgan fingerprint density at radius 1 is 1.35 bits per heavy atom. The lowest BCUT2D eigenvalue weighted by Crippen LogP contribution is -2.16. The summed E-state index contributed by atoms with van der Waals surface area (Å²) in [6, 6.07) is 0. The number of carboxylic acids is 1. The monoisotopic (exact) mass is 279 g/mol. The molecule has 20 heavy (non-hydrogen) atoms. The predicted molar refractivity (Wildman–Crippen MR) is 79.8 cm³/mol. The van der Waals surface area contributed by atoms with Gasteiger partial charge in [0.1, 0.15) is 5.82 Å². The summed E-state index contributed by atoms with van der Waals surface area (Å²) in [6.07, 6.45) is 3.67. The van der Waals surface area contributed by atoms with Crippen LogP contribution in [0.5, 0.6) is 0 Å². The molecule has 0 fully saturated rings. The molecule has 0 saturated carbocycles. The van der Waals surface area contributed by atoms with Crippen molar-refractivity contribution in [3.05, 3.63) is 17.6 Å². The molecular weight excluding hydrogens is 254 g/mol. The highest BCUT2D eigenvalue weighted by molar-refractivity contribution is 5.66. The van der Waals surface area contributed by atoms with E-state index in [0.717, 1.165) is 36.6 Å². The quantitative estimate of drug-likeness (QED) is 0.765. The van der Waals surface area contributed by atoms with Gasteiger partial charge in [0.05, 0.1) is 11.4 Å². The van der Waals surface area contributed by atoms with Gasteiger partial charge in [-0.05, 0) is 38.5 Å². The highest BCUT2D eigenvalue weighted by atomic mass is 16.4. The summed E-state index contributed by atoms with van der Waals surface area (Å²) >= 11 is 0. The normalized spacial score (nSPS) is 12.4. The Labute approximate surface area is 120 Å². The summed E-state index contributed by atoms with van der Waals surface area (Å²) in [5.74, 6) is 1.01. The van der Waals surface area contributed by atoms with Crippen molar-refractivity contribution in [2.75, 3.05) is 11.9 Å². The molecule has 0 aliphatic heterocycles. The van der Waals surface area contributed by atoms with Crippen LogP contribution in [0, 0.1) is 25.7 Å². The lowest BCUT2D eigenvalue weighted by atomic mass is 9.88. The predicted octanol–water partition coefficient (Wildman–Crippen LogP) is 3.03. The number of aryl methyl sites for hydroxylation is 2. The van der Waals surface area contributed by atoms with Crippen molar-refractivity contribution >= 4 is 11.8 Å². The summed E-state index contributed by atoms with van der Waals surface area (Å²) in [5, 5.41) is 12.1. The molecule has 0 spiro atoms. The molecule has 1 aromatic rings. The highest BCUT2D eigenvalue weighted by Crippen LogP contribution is 2.21. The molecule has 0 aliphatic carbocycles. The number of rotatable bonds is 8. The van der Waals surface area contributed by atoms with E-state index in [9.17, 15) is 4.79 Å². The smallest absolute Gasteiger partial charge is 0.303 e. The summed E-state index contributed by atoms with van der Waals surface area (Å²) < 4.78 is 0. The van der Waals surface area contributed by atoms with Crippen LogP contribution in [0.15, 0.2) is 6.20 Å². The van der Waals surface area contributed by atoms with Crippen molar-refractivity contribution in [2.45, 2.75) is 47.0 Å². The number of nitrogens with zero attached hydrogens (tertiary/aromatic N) is 2. The fraction of sp³-hybridized carbons (Fsp3) is 0.667. The van der Waals surface area contributed by atoms with Crippen molar-refractivity contribution < 1.29 is 9.90 Å². The number of carboxylic acid groups (broad SMARTS) is 1. The molecule has 1 unspecified atom stereocenters. The second-order valence-electron chi connectivity index (χ2n) is 5.60. The molecule has 5 nitrogen and oxygen atoms in total. The maximum Gasteiger partial charge on any atom is 0.303 e. The zero-order valence-corrected chi connectivity index (χ0v) is 12.8. The Bertz CT molecular complexity index is 447. The van der Waals surface area contributed by atoms with Crippen molar-refractivity contribution in [3.8, 4) is 0 Å². The molecule has 0 radical (unpaired) electrons. The summed E-state index contributed by atoms with van der Waals surface area (Å²) in [7, 11) is 0. The SMILES string of the molecule is Cc1cnc(C)c(NCCC(CCC(=O)O)C(C)C)n1. The Hall–Kier alpha value is -1.65. The van der Waals surface area contributed by atoms with Crippen LogP contribution >= 0.6 is 0 Å². The van der Waals surface area contributed by atoms with Gasteiger partial charge in [-0.3, -0.25) is 9.78 Å². The van der Waals surface area contributed by atoms with Gasteiger partial charge in [0.15, 0.2) is 0 Å². The van der Waals surface area contributed by atoms with Gasteiger partial charge in [-0.15, -0.1) is 0 Å². The van der Waals surface area contributed by atoms with Gasteiger partial charge >= 0.3 is 5.97 Å². The zero-order valence-electron chi connectivity index (χ0n) is 12.8. The lowest BCUT2D eigenvalue weighted by molar-refractivity contribution is -0.137. The second-order valence-corrected chi connectivity index (χ2v) is 5.60. The average Bonchev–Trinajstić information content (AvgIpc) is 2.36. The van der Waals surface area contributed by atoms with Crippen LogP contribution in [0.3, 0.4) is 0 Å². The molecule has 2 N–H and O–H groups in total. The van der Waals surface area contributed by atoms with Gasteiger partial charge in [0, 0.05) is 19.2 Å². The maximum absolute atomic E-state index is 10.7. The number of hydrogen-bond acceptors (Lipinski definition) is 4. The van der Waals surface area contributed by atoms with Crippen LogP contribution in [0.4, 0.5) is 5.82 Å². The fourth-order valence-electron chi connectivity index (χ4n) is 2.20. The first kappa shape index (κ1) is 16.4. The minimum absolute atomic E-state index is 0.242. The third-order valence-electron chi connectivity index (χ3n) is 3.56. The lowest BCUT2D eigenvalue weighted by Gasteiger charge is -2.20. The van der Waals surface area contributed by atoms with Crippen LogP contribution in [-0.4, -0.2) is 27.6 Å². The van der Waals surface area contributed by atoms with Crippen molar-refractivity contribution in [1.82, 2.24) is 9.97 Å². The van der Waals surface area contributed by atoms with Crippen LogP contribution < -0.4 is 5.32 Å². The number of anilines is 1. The third-order valence-corrected chi connectivity index (χ3v) is 3.56. The molecule has 0 aliphatic rings. The molecule has 0 bridgehead atoms. The Morgan fingerprint density at radius 2 is 2.05 bits per heavy atom. The number of carbonyl (C=O) groups is 1. The molecule has 0 amide bonds. The maximum atomic E-state index is 10.7. The molecule has 5 heteroatoms. The van der Waals surface area contributed by atoms with Crippen molar-refractivity contribution in [1.29, 1.82) is 0 Å². The third kappa shape index (κ3) is 5.55. The summed E-state index contributed by atoms with van der Waals surface area (Å²) in [4.78, 5) is 19.4. The van der Waals surface area contributed by atoms with Crippen LogP contribution in [0.1, 0.15) is 44.5 Å². The minimum Gasteiger partial charge on any atom is -0.481 e. The second kappa shape index (κ2) is 7.82. The van der Waals surface area contributed by atoms with Crippen LogP contribution in [0.25, 0.3) is 0 Å². The van der Waals surface area contributed by atoms with Crippen molar-refractivity contribution in [2.24, 2.45) is 11.8 Å². The van der Waals surface area contributed by atoms with Gasteiger partial charge in [-0.25, -0.2) is 4.98 Å². The van der Waals surface area contributed by atoms with Gasteiger partial charge in [-0.1, -0.05) is 13.8 Å². The van der Waals surface area contributed by atoms with E-state index in [4.69, 9.17) is 5.11 Å². The van der Waals surface area contributed by atoms with E-state index in [2.05, 4.69) is 29.1 Å². The van der Waals surface area contributed by atoms with E-state index in [1.807, 2.05) is 13.8 Å². The van der Waals surface area contributed by atoms with Gasteiger partial charge in [0.2, 0.25) is 0 Å². The van der Waals surface area contributed by atoms with Gasteiger partial charge < -0.3 is 10.4 Å². The topological polar surface area (TPSA) is 75.1 Å². The van der Waals surface area contributed by atoms with Crippen LogP contribution in [0.2, 0.25) is 0 Å². The Morgan fingerprint density at radius 3 is 2.65 bits per heavy atom. The molecule has 1 aromatic heterocycles. The average molecular weight is 279 g/mol. The molecule has 112 valence electrons. The Kier molecular flexibility index (Phi) is 6.42. The van der Waals surface area contributed by atoms with E-state index in [-0.39, 0.29) is 6.42 Å². The van der Waals surface area contributed by atoms with E-state index >= 15 is 0 Å². The van der Waals surface area contributed by atoms with Gasteiger partial charge in [-0.2, -0.15) is 0 Å². The molecule has 0 aromatic carbocycles. The van der Waals surface area contributed by atoms with Gasteiger partial charge in [0.25, 0.3) is 0 Å². The molecule has 1 rings (SSSR count). The molecule has 1 heterocycles.